The predicted octanol–water partition coefficient (Wildman–Crippen LogP) is 1.68. The van der Waals surface area contributed by atoms with E-state index in [0.717, 1.165) is 18.7 Å². The van der Waals surface area contributed by atoms with Crippen molar-refractivity contribution in [2.75, 3.05) is 39.9 Å². The maximum Gasteiger partial charge on any atom is 0.317 e. The number of morpholine rings is 1. The normalized spacial score (nSPS) is 15.3. The van der Waals surface area contributed by atoms with Crippen LogP contribution >= 0.6 is 0 Å². The van der Waals surface area contributed by atoms with E-state index in [1.165, 1.54) is 5.56 Å². The van der Waals surface area contributed by atoms with Gasteiger partial charge in [0.05, 0.1) is 13.2 Å². The number of nitrogens with one attached hydrogen (secondary N) is 1. The Morgan fingerprint density at radius 3 is 2.76 bits per heavy atom. The first kappa shape index (κ1) is 15.8. The Balaban J connectivity index is 1.84. The molecule has 1 N–H and O–H groups in total. The summed E-state index contributed by atoms with van der Waals surface area (Å²) < 4.78 is 5.25. The van der Waals surface area contributed by atoms with E-state index in [1.807, 2.05) is 0 Å². The molecule has 0 unspecified atom stereocenters. The molecule has 1 aliphatic rings. The molecule has 1 aliphatic heterocycles. The minimum atomic E-state index is -0.00520. The third-order valence-electron chi connectivity index (χ3n) is 3.73. The lowest BCUT2D eigenvalue weighted by atomic mass is 10.1. The van der Waals surface area contributed by atoms with Gasteiger partial charge in [0.1, 0.15) is 0 Å². The van der Waals surface area contributed by atoms with Crippen molar-refractivity contribution in [3.63, 3.8) is 0 Å². The van der Waals surface area contributed by atoms with E-state index in [-0.39, 0.29) is 6.03 Å². The molecular formula is C16H25N3O2. The number of hydrogen-bond acceptors (Lipinski definition) is 3. The van der Waals surface area contributed by atoms with Crippen molar-refractivity contribution in [3.8, 4) is 0 Å². The number of hydrogen-bond donors (Lipinski definition) is 1. The molecule has 1 saturated heterocycles. The topological polar surface area (TPSA) is 44.8 Å². The van der Waals surface area contributed by atoms with Gasteiger partial charge >= 0.3 is 6.03 Å². The Morgan fingerprint density at radius 1 is 1.33 bits per heavy atom. The van der Waals surface area contributed by atoms with Gasteiger partial charge in [-0.1, -0.05) is 31.2 Å². The molecular weight excluding hydrogens is 266 g/mol. The summed E-state index contributed by atoms with van der Waals surface area (Å²) in [5, 5.41) is 2.98. The summed E-state index contributed by atoms with van der Waals surface area (Å²) in [5.74, 6) is 0. The lowest BCUT2D eigenvalue weighted by Gasteiger charge is -2.27. The van der Waals surface area contributed by atoms with Crippen molar-refractivity contribution in [1.82, 2.24) is 15.1 Å². The predicted molar refractivity (Wildman–Crippen MR) is 83.1 cm³/mol. The van der Waals surface area contributed by atoms with E-state index in [2.05, 4.69) is 48.5 Å². The molecule has 116 valence electrons. The number of urea groups is 1. The first-order valence-electron chi connectivity index (χ1n) is 7.56. The molecule has 0 spiro atoms. The molecule has 0 saturated carbocycles. The molecule has 5 nitrogen and oxygen atoms in total. The fourth-order valence-corrected chi connectivity index (χ4v) is 2.32. The summed E-state index contributed by atoms with van der Waals surface area (Å²) in [6.07, 6.45) is 0. The Kier molecular flexibility index (Phi) is 6.02. The third-order valence-corrected chi connectivity index (χ3v) is 3.73. The third kappa shape index (κ3) is 5.02. The highest BCUT2D eigenvalue weighted by Crippen LogP contribution is 2.08. The first-order chi connectivity index (χ1) is 10.2. The molecule has 1 aromatic rings. The van der Waals surface area contributed by atoms with E-state index in [9.17, 15) is 4.79 Å². The average molecular weight is 291 g/mol. The lowest BCUT2D eigenvalue weighted by molar-refractivity contribution is 0.0531. The number of benzene rings is 1. The Bertz CT molecular complexity index is 459. The number of carbonyl (C=O) groups excluding carboxylic acids is 1. The van der Waals surface area contributed by atoms with Gasteiger partial charge in [-0.25, -0.2) is 4.79 Å². The van der Waals surface area contributed by atoms with Gasteiger partial charge in [0.2, 0.25) is 0 Å². The highest BCUT2D eigenvalue weighted by Gasteiger charge is 2.15. The van der Waals surface area contributed by atoms with Crippen LogP contribution in [0.15, 0.2) is 24.3 Å². The zero-order valence-electron chi connectivity index (χ0n) is 13.0. The van der Waals surface area contributed by atoms with Gasteiger partial charge < -0.3 is 19.9 Å². The van der Waals surface area contributed by atoms with E-state index >= 15 is 0 Å². The Morgan fingerprint density at radius 2 is 2.05 bits per heavy atom. The van der Waals surface area contributed by atoms with Gasteiger partial charge in [-0.05, 0) is 24.7 Å². The monoisotopic (exact) mass is 291 g/mol. The number of ether oxygens (including phenoxy) is 1. The molecule has 1 aromatic carbocycles. The maximum absolute atomic E-state index is 12.0. The standard InChI is InChI=1S/C16H25N3O2/c1-3-18(2)13-15-6-4-5-14(11-15)12-17-16(20)19-7-9-21-10-8-19/h4-6,11H,3,7-10,12-13H2,1-2H3,(H,17,20). The van der Waals surface area contributed by atoms with Crippen molar-refractivity contribution in [3.05, 3.63) is 35.4 Å². The second-order valence-electron chi connectivity index (χ2n) is 5.41. The van der Waals surface area contributed by atoms with Crippen LogP contribution < -0.4 is 5.32 Å². The molecule has 2 amide bonds. The Hall–Kier alpha value is -1.59. The summed E-state index contributed by atoms with van der Waals surface area (Å²) in [6, 6.07) is 8.38. The van der Waals surface area contributed by atoms with E-state index in [4.69, 9.17) is 4.74 Å². The number of amides is 2. The molecule has 1 fully saturated rings. The molecule has 5 heteroatoms. The molecule has 21 heavy (non-hydrogen) atoms. The van der Waals surface area contributed by atoms with Crippen LogP contribution in [0.4, 0.5) is 4.79 Å². The van der Waals surface area contributed by atoms with Crippen LogP contribution in [0, 0.1) is 0 Å². The van der Waals surface area contributed by atoms with Gasteiger partial charge in [-0.15, -0.1) is 0 Å². The summed E-state index contributed by atoms with van der Waals surface area (Å²) in [7, 11) is 2.10. The Labute approximate surface area is 126 Å². The zero-order chi connectivity index (χ0) is 15.1. The fraction of sp³-hybridized carbons (Fsp3) is 0.562. The van der Waals surface area contributed by atoms with Crippen molar-refractivity contribution in [1.29, 1.82) is 0 Å². The van der Waals surface area contributed by atoms with Gasteiger partial charge in [0.15, 0.2) is 0 Å². The van der Waals surface area contributed by atoms with Crippen molar-refractivity contribution in [2.24, 2.45) is 0 Å². The second kappa shape index (κ2) is 8.00. The van der Waals surface area contributed by atoms with Gasteiger partial charge in [-0.2, -0.15) is 0 Å². The van der Waals surface area contributed by atoms with Gasteiger partial charge in [-0.3, -0.25) is 0 Å². The summed E-state index contributed by atoms with van der Waals surface area (Å²) in [4.78, 5) is 16.1. The zero-order valence-corrected chi connectivity index (χ0v) is 13.0. The van der Waals surface area contributed by atoms with E-state index < -0.39 is 0 Å². The van der Waals surface area contributed by atoms with Crippen LogP contribution in [-0.2, 0) is 17.8 Å². The van der Waals surface area contributed by atoms with Gasteiger partial charge in [0, 0.05) is 26.2 Å². The molecule has 0 bridgehead atoms. The average Bonchev–Trinajstić information content (AvgIpc) is 2.53. The van der Waals surface area contributed by atoms with Crippen molar-refractivity contribution >= 4 is 6.03 Å². The maximum atomic E-state index is 12.0. The molecule has 2 rings (SSSR count). The summed E-state index contributed by atoms with van der Waals surface area (Å²) in [6.45, 7) is 7.28. The molecule has 0 radical (unpaired) electrons. The minimum Gasteiger partial charge on any atom is -0.378 e. The van der Waals surface area contributed by atoms with Crippen LogP contribution in [-0.4, -0.2) is 55.7 Å². The summed E-state index contributed by atoms with van der Waals surface area (Å²) in [5.41, 5.74) is 2.41. The highest BCUT2D eigenvalue weighted by atomic mass is 16.5. The smallest absolute Gasteiger partial charge is 0.317 e. The van der Waals surface area contributed by atoms with Crippen molar-refractivity contribution in [2.45, 2.75) is 20.0 Å². The number of nitrogens with zero attached hydrogens (tertiary/aromatic N) is 2. The molecule has 1 heterocycles. The minimum absolute atomic E-state index is 0.00520. The molecule has 0 aliphatic carbocycles. The van der Waals surface area contributed by atoms with Crippen LogP contribution in [0.3, 0.4) is 0 Å². The molecule has 0 atom stereocenters. The van der Waals surface area contributed by atoms with Crippen LogP contribution in [0.1, 0.15) is 18.1 Å². The lowest BCUT2D eigenvalue weighted by Crippen LogP contribution is -2.45. The fourth-order valence-electron chi connectivity index (χ4n) is 2.32. The molecule has 0 aromatic heterocycles. The van der Waals surface area contributed by atoms with Crippen molar-refractivity contribution < 1.29 is 9.53 Å². The SMILES string of the molecule is CCN(C)Cc1cccc(CNC(=O)N2CCOCC2)c1. The van der Waals surface area contributed by atoms with E-state index in [0.29, 0.717) is 32.8 Å². The van der Waals surface area contributed by atoms with Gasteiger partial charge in [0.25, 0.3) is 0 Å². The van der Waals surface area contributed by atoms with E-state index in [1.54, 1.807) is 4.90 Å². The quantitative estimate of drug-likeness (QED) is 0.898. The first-order valence-corrected chi connectivity index (χ1v) is 7.56. The van der Waals surface area contributed by atoms with Crippen LogP contribution in [0.25, 0.3) is 0 Å². The largest absolute Gasteiger partial charge is 0.378 e. The number of carbonyl (C=O) groups is 1. The second-order valence-corrected chi connectivity index (χ2v) is 5.41. The summed E-state index contributed by atoms with van der Waals surface area (Å²) >= 11 is 0. The number of rotatable bonds is 5. The van der Waals surface area contributed by atoms with Crippen LogP contribution in [0.2, 0.25) is 0 Å². The highest BCUT2D eigenvalue weighted by molar-refractivity contribution is 5.74. The van der Waals surface area contributed by atoms with Crippen LogP contribution in [0.5, 0.6) is 0 Å².